The number of pyridine rings is 1. The van der Waals surface area contributed by atoms with E-state index in [9.17, 15) is 44.1 Å². The zero-order chi connectivity index (χ0) is 47.2. The van der Waals surface area contributed by atoms with E-state index in [0.29, 0.717) is 62.7 Å². The van der Waals surface area contributed by atoms with Crippen LogP contribution in [0.4, 0.5) is 0 Å². The third-order valence-corrected chi connectivity index (χ3v) is 11.9. The zero-order valence-corrected chi connectivity index (χ0v) is 38.0. The molecule has 0 aliphatic heterocycles. The number of aliphatic hydroxyl groups excluding tert-OH is 3. The topological polar surface area (TPSA) is 225 Å². The number of carbonyl (C=O) groups is 3. The summed E-state index contributed by atoms with van der Waals surface area (Å²) < 4.78 is 11.7. The maximum atomic E-state index is 12.4. The molecule has 8 atom stereocenters. The summed E-state index contributed by atoms with van der Waals surface area (Å²) in [6.07, 6.45) is 9.78. The second kappa shape index (κ2) is 23.8. The summed E-state index contributed by atoms with van der Waals surface area (Å²) in [5.41, 5.74) is 3.05. The molecule has 0 radical (unpaired) electrons. The van der Waals surface area contributed by atoms with Crippen LogP contribution in [0.5, 0.6) is 0 Å². The number of aromatic nitrogens is 5. The first-order valence-corrected chi connectivity index (χ1v) is 22.0. The third kappa shape index (κ3) is 13.9. The molecule has 2 aliphatic rings. The largest absolute Gasteiger partial charge is 0.481 e. The van der Waals surface area contributed by atoms with E-state index in [0.717, 1.165) is 16.8 Å². The predicted octanol–water partition coefficient (Wildman–Crippen LogP) is 4.78. The first-order valence-electron chi connectivity index (χ1n) is 22.0. The Balaban J connectivity index is 0.000000226. The van der Waals surface area contributed by atoms with Gasteiger partial charge >= 0.3 is 17.6 Å². The quantitative estimate of drug-likeness (QED) is 0.0882. The predicted molar refractivity (Wildman–Crippen MR) is 243 cm³/mol. The summed E-state index contributed by atoms with van der Waals surface area (Å²) in [6, 6.07) is 13.0. The zero-order valence-electron chi connectivity index (χ0n) is 38.0. The van der Waals surface area contributed by atoms with Gasteiger partial charge in [0.05, 0.1) is 37.0 Å². The van der Waals surface area contributed by atoms with Crippen molar-refractivity contribution >= 4 is 28.9 Å². The number of aliphatic hydroxyl groups is 3. The fourth-order valence-electron chi connectivity index (χ4n) is 8.14. The van der Waals surface area contributed by atoms with Gasteiger partial charge in [0, 0.05) is 57.4 Å². The van der Waals surface area contributed by atoms with Gasteiger partial charge in [-0.05, 0) is 87.5 Å². The van der Waals surface area contributed by atoms with Crippen molar-refractivity contribution in [2.45, 2.75) is 123 Å². The Kier molecular flexibility index (Phi) is 19.0. The lowest BCUT2D eigenvalue weighted by atomic mass is 9.66. The van der Waals surface area contributed by atoms with Crippen molar-refractivity contribution in [1.29, 1.82) is 0 Å². The maximum Gasteiger partial charge on any atom is 0.332 e. The molecule has 0 fully saturated rings. The number of imidazole rings is 1. The van der Waals surface area contributed by atoms with E-state index in [1.54, 1.807) is 29.3 Å². The smallest absolute Gasteiger partial charge is 0.332 e. The molecule has 4 N–H and O–H groups in total. The highest BCUT2D eigenvalue weighted by molar-refractivity contribution is 5.75. The van der Waals surface area contributed by atoms with E-state index in [1.807, 2.05) is 75.5 Å². The van der Waals surface area contributed by atoms with Gasteiger partial charge in [-0.2, -0.15) is 0 Å². The molecule has 16 nitrogen and oxygen atoms in total. The molecule has 1 aromatic carbocycles. The molecule has 0 bridgehead atoms. The lowest BCUT2D eigenvalue weighted by molar-refractivity contribution is -0.159. The fraction of sp³-hybridized carbons (Fsp3) is 0.521. The van der Waals surface area contributed by atoms with Crippen molar-refractivity contribution in [3.8, 4) is 5.69 Å². The van der Waals surface area contributed by atoms with Crippen molar-refractivity contribution in [1.82, 2.24) is 23.3 Å². The molecule has 0 unspecified atom stereocenters. The Morgan fingerprint density at radius 2 is 1.70 bits per heavy atom. The number of hydrogen-bond acceptors (Lipinski definition) is 11. The molecule has 2 aliphatic carbocycles. The van der Waals surface area contributed by atoms with Crippen LogP contribution in [-0.4, -0.2) is 85.8 Å². The van der Waals surface area contributed by atoms with E-state index in [-0.39, 0.29) is 65.1 Å². The van der Waals surface area contributed by atoms with E-state index in [1.165, 1.54) is 22.4 Å². The van der Waals surface area contributed by atoms with Crippen molar-refractivity contribution in [2.75, 3.05) is 0 Å². The number of esters is 1. The van der Waals surface area contributed by atoms with Crippen LogP contribution in [0.25, 0.3) is 16.9 Å². The number of fused-ring (bicyclic) bond motifs is 2. The Morgan fingerprint density at radius 1 is 1.00 bits per heavy atom. The number of unbranched alkanes of at least 4 members (excludes halogenated alkanes) is 1. The third-order valence-electron chi connectivity index (χ3n) is 11.9. The monoisotopic (exact) mass is 887 g/mol. The molecule has 0 saturated heterocycles. The van der Waals surface area contributed by atoms with Crippen LogP contribution in [-0.2, 0) is 39.8 Å². The van der Waals surface area contributed by atoms with Gasteiger partial charge in [0.1, 0.15) is 11.9 Å². The minimum Gasteiger partial charge on any atom is -0.481 e. The molecule has 6 rings (SSSR count). The molecule has 16 heteroatoms. The van der Waals surface area contributed by atoms with Crippen LogP contribution >= 0.6 is 0 Å². The molecule has 0 amide bonds. The number of carbonyl (C=O) groups excluding carboxylic acids is 2. The molecule has 0 spiro atoms. The summed E-state index contributed by atoms with van der Waals surface area (Å²) >= 11 is 0. The number of nitrogens with zero attached hydrogens (tertiary/aromatic N) is 5. The highest BCUT2D eigenvalue weighted by Crippen LogP contribution is 2.44. The number of benzene rings is 1. The Bertz CT molecular complexity index is 2450. The van der Waals surface area contributed by atoms with Gasteiger partial charge in [-0.1, -0.05) is 63.3 Å². The van der Waals surface area contributed by atoms with Crippen LogP contribution in [0.1, 0.15) is 91.0 Å². The standard InChI is InChI=1S/C23H36O7.C13H18N4O3.C12H11NO/c1-4-13(2)23(29)30-20-11-17(25)9-15-6-5-14(3)19(22(15)20)8-7-16(24)10-18(26)12-21(27)28;1-9(18)6-4-5-7-17-12(19)10-11(14-8-15(10)2)16(3)13(17)20;1-10-7-8-12(14)13(9-10)11-5-3-2-4-6-11/h5-6,9,13-14,16-20,22,24-26H,4,7-8,10-12H2,1-3H3,(H,27,28);8H,4-7H2,1-3H3;2-9H,1H3/t13-,14-,16+,17+,18+,19-,20-,22-;;/m0../s1. The van der Waals surface area contributed by atoms with Gasteiger partial charge in [0.2, 0.25) is 0 Å². The van der Waals surface area contributed by atoms with Crippen LogP contribution in [0.3, 0.4) is 0 Å². The number of carboxylic acids is 1. The minimum atomic E-state index is -1.10. The van der Waals surface area contributed by atoms with E-state index in [4.69, 9.17) is 9.84 Å². The summed E-state index contributed by atoms with van der Waals surface area (Å²) in [5, 5.41) is 39.1. The number of ketones is 1. The first-order chi connectivity index (χ1) is 30.3. The lowest BCUT2D eigenvalue weighted by Crippen LogP contribution is -2.43. The molecule has 64 heavy (non-hydrogen) atoms. The number of carboxylic acid groups (broad SMARTS) is 1. The van der Waals surface area contributed by atoms with Crippen LogP contribution in [0.2, 0.25) is 0 Å². The van der Waals surface area contributed by atoms with Crippen molar-refractivity contribution in [3.05, 3.63) is 116 Å². The average molecular weight is 888 g/mol. The SMILES string of the molecule is CC(=O)CCCCn1c(=O)c2c(ncn2C)n(C)c1=O.CC[C@H](C)C(=O)O[C@H]1C[C@H](O)C=C2C=C[C@H](C)[C@H](CC[C@@H](O)C[C@@H](O)CC(=O)O)[C@H]21.Cc1ccc(=O)n(-c2ccccc2)c1. The number of rotatable bonds is 16. The Morgan fingerprint density at radius 3 is 2.36 bits per heavy atom. The van der Waals surface area contributed by atoms with Crippen molar-refractivity contribution in [2.24, 2.45) is 37.8 Å². The molecule has 3 heterocycles. The number of aryl methyl sites for hydroxylation is 3. The molecule has 4 aromatic rings. The number of hydrogen-bond donors (Lipinski definition) is 4. The highest BCUT2D eigenvalue weighted by atomic mass is 16.5. The molecular weight excluding hydrogens is 823 g/mol. The van der Waals surface area contributed by atoms with Crippen LogP contribution in [0.15, 0.2) is 93.2 Å². The second-order valence-corrected chi connectivity index (χ2v) is 17.1. The summed E-state index contributed by atoms with van der Waals surface area (Å²) in [4.78, 5) is 74.1. The number of ether oxygens (including phenoxy) is 1. The maximum absolute atomic E-state index is 12.4. The van der Waals surface area contributed by atoms with E-state index >= 15 is 0 Å². The van der Waals surface area contributed by atoms with Crippen molar-refractivity contribution < 1.29 is 39.5 Å². The van der Waals surface area contributed by atoms with Gasteiger partial charge in [-0.15, -0.1) is 0 Å². The molecule has 348 valence electrons. The van der Waals surface area contributed by atoms with Gasteiger partial charge < -0.3 is 34.5 Å². The van der Waals surface area contributed by atoms with Crippen molar-refractivity contribution in [3.63, 3.8) is 0 Å². The number of allylic oxidation sites excluding steroid dienone is 2. The first kappa shape index (κ1) is 50.9. The van der Waals surface area contributed by atoms with E-state index < -0.39 is 30.4 Å². The van der Waals surface area contributed by atoms with Crippen LogP contribution in [0, 0.1) is 30.6 Å². The number of Topliss-reactive ketones (excluding diaryl/α,β-unsaturated/α-hetero) is 1. The summed E-state index contributed by atoms with van der Waals surface area (Å²) in [6.45, 7) is 9.67. The van der Waals surface area contributed by atoms with E-state index in [2.05, 4.69) is 18.0 Å². The van der Waals surface area contributed by atoms with Gasteiger partial charge in [0.15, 0.2) is 11.2 Å². The number of aliphatic carboxylic acids is 1. The Labute approximate surface area is 373 Å². The molecule has 3 aromatic heterocycles. The molecule has 0 saturated carbocycles. The Hall–Kier alpha value is -5.71. The average Bonchev–Trinajstić information content (AvgIpc) is 3.64. The normalized spacial score (nSPS) is 20.3. The fourth-order valence-corrected chi connectivity index (χ4v) is 8.14. The highest BCUT2D eigenvalue weighted by Gasteiger charge is 2.42. The minimum absolute atomic E-state index is 0.00167. The van der Waals surface area contributed by atoms with Crippen LogP contribution < -0.4 is 16.8 Å². The summed E-state index contributed by atoms with van der Waals surface area (Å²) in [5.74, 6) is -1.19. The van der Waals surface area contributed by atoms with Gasteiger partial charge in [0.25, 0.3) is 11.1 Å². The second-order valence-electron chi connectivity index (χ2n) is 17.1. The van der Waals surface area contributed by atoms with Gasteiger partial charge in [-0.25, -0.2) is 9.78 Å². The molecular formula is C48H65N5O11. The summed E-state index contributed by atoms with van der Waals surface area (Å²) in [7, 11) is 3.32. The van der Waals surface area contributed by atoms with Gasteiger partial charge in [-0.3, -0.25) is 32.9 Å². The lowest BCUT2D eigenvalue weighted by Gasteiger charge is -2.43. The number of para-hydroxylation sites is 1.